The van der Waals surface area contributed by atoms with Crippen LogP contribution < -0.4 is 5.56 Å². The van der Waals surface area contributed by atoms with Crippen molar-refractivity contribution >= 4 is 29.1 Å². The van der Waals surface area contributed by atoms with Crippen molar-refractivity contribution in [3.05, 3.63) is 57.7 Å². The fourth-order valence-corrected chi connectivity index (χ4v) is 1.87. The van der Waals surface area contributed by atoms with Crippen molar-refractivity contribution in [3.8, 4) is 0 Å². The van der Waals surface area contributed by atoms with Crippen molar-refractivity contribution in [3.63, 3.8) is 0 Å². The van der Waals surface area contributed by atoms with Crippen molar-refractivity contribution < 1.29 is 9.90 Å². The second-order valence-electron chi connectivity index (χ2n) is 3.30. The van der Waals surface area contributed by atoms with E-state index in [1.807, 2.05) is 35.7 Å². The summed E-state index contributed by atoms with van der Waals surface area (Å²) >= 11 is 6.19. The summed E-state index contributed by atoms with van der Waals surface area (Å²) in [5.74, 6) is -1.29. The minimum Gasteiger partial charge on any atom is -0.480 e. The summed E-state index contributed by atoms with van der Waals surface area (Å²) in [6.45, 7) is 0.678. The van der Waals surface area contributed by atoms with Gasteiger partial charge in [-0.2, -0.15) is 0 Å². The van der Waals surface area contributed by atoms with Gasteiger partial charge in [-0.05, 0) is 5.56 Å². The van der Waals surface area contributed by atoms with Crippen LogP contribution in [-0.4, -0.2) is 20.9 Å². The molecule has 18 heavy (non-hydrogen) atoms. The highest BCUT2D eigenvalue weighted by Gasteiger charge is 1.96. The van der Waals surface area contributed by atoms with E-state index in [4.69, 9.17) is 16.7 Å². The van der Waals surface area contributed by atoms with Crippen LogP contribution in [0.4, 0.5) is 0 Å². The van der Waals surface area contributed by atoms with Crippen LogP contribution >= 0.6 is 23.1 Å². The number of carboxylic acids is 1. The summed E-state index contributed by atoms with van der Waals surface area (Å²) < 4.78 is 1.73. The molecule has 0 amide bonds. The van der Waals surface area contributed by atoms with Crippen LogP contribution in [0.1, 0.15) is 5.56 Å². The predicted octanol–water partition coefficient (Wildman–Crippen LogP) is 2.27. The number of carboxylic acid groups (broad SMARTS) is 1. The molecule has 6 heteroatoms. The quantitative estimate of drug-likeness (QED) is 0.880. The van der Waals surface area contributed by atoms with Gasteiger partial charge in [-0.1, -0.05) is 41.9 Å². The predicted molar refractivity (Wildman–Crippen MR) is 72.5 cm³/mol. The molecule has 4 nitrogen and oxygen atoms in total. The molecule has 1 N–H and O–H groups in total. The van der Waals surface area contributed by atoms with Gasteiger partial charge in [-0.3, -0.25) is 13.5 Å². The van der Waals surface area contributed by atoms with Crippen LogP contribution in [0, 0.1) is 0 Å². The summed E-state index contributed by atoms with van der Waals surface area (Å²) in [4.78, 5) is 20.4. The van der Waals surface area contributed by atoms with Gasteiger partial charge >= 0.3 is 5.97 Å². The first kappa shape index (κ1) is 14.5. The maximum atomic E-state index is 11.2. The van der Waals surface area contributed by atoms with E-state index in [9.17, 15) is 9.59 Å². The molecule has 1 heterocycles. The van der Waals surface area contributed by atoms with Crippen LogP contribution in [-0.2, 0) is 11.3 Å². The number of alkyl halides is 1. The average molecular weight is 286 g/mol. The maximum Gasteiger partial charge on any atom is 0.318 e. The first-order valence-electron chi connectivity index (χ1n) is 5.10. The van der Waals surface area contributed by atoms with Gasteiger partial charge in [0.1, 0.15) is 5.88 Å². The SMILES string of the molecule is O=C(O)CCl.O=c1ccsn1Cc1ccccc1. The fourth-order valence-electron chi connectivity index (χ4n) is 1.16. The molecule has 0 saturated carbocycles. The molecule has 1 aromatic carbocycles. The highest BCUT2D eigenvalue weighted by molar-refractivity contribution is 7.04. The summed E-state index contributed by atoms with van der Waals surface area (Å²) in [5.41, 5.74) is 1.24. The van der Waals surface area contributed by atoms with E-state index in [0.29, 0.717) is 6.54 Å². The Morgan fingerprint density at radius 3 is 2.33 bits per heavy atom. The number of hydrogen-bond donors (Lipinski definition) is 1. The molecule has 2 rings (SSSR count). The molecule has 0 fully saturated rings. The maximum absolute atomic E-state index is 11.2. The Morgan fingerprint density at radius 1 is 1.28 bits per heavy atom. The van der Waals surface area contributed by atoms with Gasteiger partial charge in [-0.25, -0.2) is 0 Å². The minimum absolute atomic E-state index is 0.0776. The molecule has 0 aliphatic carbocycles. The lowest BCUT2D eigenvalue weighted by Crippen LogP contribution is -2.12. The first-order chi connectivity index (χ1) is 8.63. The number of aliphatic carboxylic acids is 1. The van der Waals surface area contributed by atoms with Crippen molar-refractivity contribution in [2.45, 2.75) is 6.54 Å². The smallest absolute Gasteiger partial charge is 0.318 e. The van der Waals surface area contributed by atoms with E-state index in [0.717, 1.165) is 5.56 Å². The Morgan fingerprint density at radius 2 is 1.89 bits per heavy atom. The summed E-state index contributed by atoms with van der Waals surface area (Å²) in [6, 6.07) is 11.6. The third kappa shape index (κ3) is 5.16. The normalized spacial score (nSPS) is 9.39. The Bertz CT molecular complexity index is 536. The Balaban J connectivity index is 0.000000280. The molecular formula is C12H12ClNO3S. The summed E-state index contributed by atoms with van der Waals surface area (Å²) in [6.07, 6.45) is 0. The van der Waals surface area contributed by atoms with Gasteiger partial charge in [0, 0.05) is 11.4 Å². The summed E-state index contributed by atoms with van der Waals surface area (Å²) in [7, 11) is 0. The van der Waals surface area contributed by atoms with Crippen LogP contribution in [0.3, 0.4) is 0 Å². The lowest BCUT2D eigenvalue weighted by atomic mass is 10.2. The second kappa shape index (κ2) is 7.68. The molecule has 0 atom stereocenters. The van der Waals surface area contributed by atoms with Crippen molar-refractivity contribution in [1.82, 2.24) is 3.96 Å². The van der Waals surface area contributed by atoms with Crippen molar-refractivity contribution in [2.75, 3.05) is 5.88 Å². The van der Waals surface area contributed by atoms with Gasteiger partial charge in [0.2, 0.25) is 0 Å². The molecule has 2 aromatic rings. The molecule has 0 spiro atoms. The van der Waals surface area contributed by atoms with E-state index in [1.165, 1.54) is 11.5 Å². The fraction of sp³-hybridized carbons (Fsp3) is 0.167. The van der Waals surface area contributed by atoms with Crippen LogP contribution in [0.15, 0.2) is 46.6 Å². The molecular weight excluding hydrogens is 274 g/mol. The standard InChI is InChI=1S/C10H9NOS.C2H3ClO2/c12-10-6-7-13-11(10)8-9-4-2-1-3-5-9;3-1-2(4)5/h1-7H,8H2;1H2,(H,4,5). The molecule has 0 unspecified atom stereocenters. The van der Waals surface area contributed by atoms with Gasteiger partial charge in [-0.15, -0.1) is 11.6 Å². The lowest BCUT2D eigenvalue weighted by molar-refractivity contribution is -0.134. The number of hydrogen-bond acceptors (Lipinski definition) is 3. The number of halogens is 1. The molecule has 1 aromatic heterocycles. The second-order valence-corrected chi connectivity index (χ2v) is 4.49. The van der Waals surface area contributed by atoms with Crippen LogP contribution in [0.25, 0.3) is 0 Å². The topological polar surface area (TPSA) is 59.3 Å². The average Bonchev–Trinajstić information content (AvgIpc) is 2.77. The van der Waals surface area contributed by atoms with E-state index >= 15 is 0 Å². The Labute approximate surface area is 113 Å². The number of aromatic nitrogens is 1. The number of rotatable bonds is 3. The van der Waals surface area contributed by atoms with E-state index in [-0.39, 0.29) is 11.4 Å². The number of nitrogens with zero attached hydrogens (tertiary/aromatic N) is 1. The molecule has 0 saturated heterocycles. The monoisotopic (exact) mass is 285 g/mol. The van der Waals surface area contributed by atoms with E-state index in [1.54, 1.807) is 10.0 Å². The van der Waals surface area contributed by atoms with Crippen LogP contribution in [0.2, 0.25) is 0 Å². The van der Waals surface area contributed by atoms with Gasteiger partial charge in [0.25, 0.3) is 5.56 Å². The molecule has 0 bridgehead atoms. The lowest BCUT2D eigenvalue weighted by Gasteiger charge is -1.99. The molecule has 0 aliphatic rings. The molecule has 96 valence electrons. The summed E-state index contributed by atoms with van der Waals surface area (Å²) in [5, 5.41) is 9.40. The van der Waals surface area contributed by atoms with Gasteiger partial charge in [0.15, 0.2) is 0 Å². The third-order valence-corrected chi connectivity index (χ3v) is 2.98. The largest absolute Gasteiger partial charge is 0.480 e. The zero-order chi connectivity index (χ0) is 13.4. The highest BCUT2D eigenvalue weighted by atomic mass is 35.5. The van der Waals surface area contributed by atoms with Crippen molar-refractivity contribution in [2.24, 2.45) is 0 Å². The zero-order valence-electron chi connectivity index (χ0n) is 9.45. The number of benzene rings is 1. The van der Waals surface area contributed by atoms with Gasteiger partial charge in [0.05, 0.1) is 6.54 Å². The minimum atomic E-state index is -0.980. The molecule has 0 radical (unpaired) electrons. The zero-order valence-corrected chi connectivity index (χ0v) is 11.0. The van der Waals surface area contributed by atoms with Crippen molar-refractivity contribution in [1.29, 1.82) is 0 Å². The third-order valence-electron chi connectivity index (χ3n) is 1.93. The first-order valence-corrected chi connectivity index (χ1v) is 6.47. The van der Waals surface area contributed by atoms with Gasteiger partial charge < -0.3 is 5.11 Å². The van der Waals surface area contributed by atoms with E-state index < -0.39 is 5.97 Å². The number of carbonyl (C=O) groups is 1. The van der Waals surface area contributed by atoms with E-state index in [2.05, 4.69) is 0 Å². The Kier molecular flexibility index (Phi) is 6.18. The van der Waals surface area contributed by atoms with Crippen LogP contribution in [0.5, 0.6) is 0 Å². The highest BCUT2D eigenvalue weighted by Crippen LogP contribution is 2.02. The molecule has 0 aliphatic heterocycles. The Hall–Kier alpha value is -1.59.